The zero-order chi connectivity index (χ0) is 14.9. The van der Waals surface area contributed by atoms with E-state index in [1.165, 1.54) is 0 Å². The molecule has 1 N–H and O–H groups in total. The fourth-order valence-electron chi connectivity index (χ4n) is 2.84. The van der Waals surface area contributed by atoms with Gasteiger partial charge >= 0.3 is 0 Å². The first kappa shape index (κ1) is 13.6. The van der Waals surface area contributed by atoms with Crippen LogP contribution < -0.4 is 0 Å². The lowest BCUT2D eigenvalue weighted by molar-refractivity contribution is 0.280. The van der Waals surface area contributed by atoms with E-state index in [0.717, 1.165) is 29.4 Å². The molecule has 0 fully saturated rings. The number of para-hydroxylation sites is 1. The summed E-state index contributed by atoms with van der Waals surface area (Å²) in [6.07, 6.45) is 1.83. The van der Waals surface area contributed by atoms with E-state index < -0.39 is 5.54 Å². The molecule has 0 aliphatic heterocycles. The molecular formula is C17H19N3O. The van der Waals surface area contributed by atoms with Crippen LogP contribution in [0.1, 0.15) is 32.3 Å². The molecule has 0 bridgehead atoms. The molecule has 1 atom stereocenters. The summed E-state index contributed by atoms with van der Waals surface area (Å²) >= 11 is 0. The molecule has 3 rings (SSSR count). The zero-order valence-corrected chi connectivity index (χ0v) is 12.3. The molecule has 0 aliphatic rings. The molecule has 21 heavy (non-hydrogen) atoms. The third-order valence-electron chi connectivity index (χ3n) is 3.95. The quantitative estimate of drug-likeness (QED) is 0.793. The first-order valence-electron chi connectivity index (χ1n) is 7.26. The second-order valence-corrected chi connectivity index (χ2v) is 5.52. The second-order valence-electron chi connectivity index (χ2n) is 5.52. The topological polar surface area (TPSA) is 50.9 Å². The van der Waals surface area contributed by atoms with E-state index in [0.29, 0.717) is 0 Å². The van der Waals surface area contributed by atoms with Crippen LogP contribution in [-0.4, -0.2) is 20.1 Å². The van der Waals surface area contributed by atoms with Crippen LogP contribution in [0.4, 0.5) is 0 Å². The Hall–Kier alpha value is -2.36. The van der Waals surface area contributed by atoms with Gasteiger partial charge in [-0.3, -0.25) is 0 Å². The highest BCUT2D eigenvalue weighted by Crippen LogP contribution is 2.35. The number of hydrogen-bond donors (Lipinski definition) is 1. The Morgan fingerprint density at radius 3 is 2.14 bits per heavy atom. The van der Waals surface area contributed by atoms with Crippen molar-refractivity contribution < 1.29 is 5.11 Å². The molecule has 0 aliphatic carbocycles. The molecule has 3 aromatic rings. The van der Waals surface area contributed by atoms with Crippen LogP contribution in [0, 0.1) is 0 Å². The van der Waals surface area contributed by atoms with E-state index in [1.807, 2.05) is 42.5 Å². The summed E-state index contributed by atoms with van der Waals surface area (Å²) in [7, 11) is 0. The average molecular weight is 281 g/mol. The molecule has 2 aromatic carbocycles. The van der Waals surface area contributed by atoms with Crippen molar-refractivity contribution in [2.45, 2.75) is 32.2 Å². The number of aromatic hydroxyl groups is 1. The maximum absolute atomic E-state index is 10.2. The maximum atomic E-state index is 10.2. The lowest BCUT2D eigenvalue weighted by Crippen LogP contribution is -2.33. The first-order valence-corrected chi connectivity index (χ1v) is 7.26. The summed E-state index contributed by atoms with van der Waals surface area (Å²) in [5.74, 6) is 0.287. The summed E-state index contributed by atoms with van der Waals surface area (Å²) in [4.78, 5) is 1.75. The van der Waals surface area contributed by atoms with Gasteiger partial charge < -0.3 is 5.11 Å². The predicted molar refractivity (Wildman–Crippen MR) is 83.3 cm³/mol. The lowest BCUT2D eigenvalue weighted by atomic mass is 9.87. The molecule has 1 aromatic heterocycles. The first-order chi connectivity index (χ1) is 10.1. The smallest absolute Gasteiger partial charge is 0.121 e. The van der Waals surface area contributed by atoms with Crippen molar-refractivity contribution >= 4 is 11.0 Å². The summed E-state index contributed by atoms with van der Waals surface area (Å²) in [5.41, 5.74) is 2.14. The minimum absolute atomic E-state index is 0.287. The summed E-state index contributed by atoms with van der Waals surface area (Å²) in [6.45, 7) is 4.20. The molecule has 4 nitrogen and oxygen atoms in total. The average Bonchev–Trinajstić information content (AvgIpc) is 2.92. The molecule has 0 saturated carbocycles. The van der Waals surface area contributed by atoms with Crippen molar-refractivity contribution in [2.24, 2.45) is 0 Å². The molecule has 1 heterocycles. The van der Waals surface area contributed by atoms with Gasteiger partial charge in [0.05, 0.1) is 0 Å². The molecule has 0 spiro atoms. The van der Waals surface area contributed by atoms with Gasteiger partial charge in [0.1, 0.15) is 22.3 Å². The Bertz CT molecular complexity index is 732. The minimum atomic E-state index is -0.459. The fraction of sp³-hybridized carbons (Fsp3) is 0.294. The second kappa shape index (κ2) is 5.20. The van der Waals surface area contributed by atoms with Crippen LogP contribution in [0.15, 0.2) is 48.5 Å². The number of phenolic OH excluding ortho intramolecular Hbond substituents is 1. The monoisotopic (exact) mass is 281 g/mol. The molecule has 0 saturated heterocycles. The molecule has 0 amide bonds. The van der Waals surface area contributed by atoms with Crippen molar-refractivity contribution in [1.29, 1.82) is 0 Å². The van der Waals surface area contributed by atoms with E-state index in [-0.39, 0.29) is 5.75 Å². The van der Waals surface area contributed by atoms with Crippen molar-refractivity contribution in [2.75, 3.05) is 0 Å². The van der Waals surface area contributed by atoms with Gasteiger partial charge in [-0.15, -0.1) is 0 Å². The summed E-state index contributed by atoms with van der Waals surface area (Å²) < 4.78 is 0. The fourth-order valence-corrected chi connectivity index (χ4v) is 2.84. The highest BCUT2D eigenvalue weighted by Gasteiger charge is 2.32. The van der Waals surface area contributed by atoms with Gasteiger partial charge in [-0.2, -0.15) is 15.0 Å². The van der Waals surface area contributed by atoms with Crippen LogP contribution in [0.2, 0.25) is 0 Å². The van der Waals surface area contributed by atoms with E-state index in [4.69, 9.17) is 0 Å². The Morgan fingerprint density at radius 1 is 1.00 bits per heavy atom. The van der Waals surface area contributed by atoms with Gasteiger partial charge in [0.15, 0.2) is 0 Å². The Balaban J connectivity index is 2.18. The molecule has 0 radical (unpaired) electrons. The maximum Gasteiger partial charge on any atom is 0.121 e. The van der Waals surface area contributed by atoms with Crippen LogP contribution in [-0.2, 0) is 5.54 Å². The van der Waals surface area contributed by atoms with E-state index >= 15 is 0 Å². The van der Waals surface area contributed by atoms with Gasteiger partial charge in [-0.05, 0) is 31.5 Å². The Labute approximate surface area is 124 Å². The van der Waals surface area contributed by atoms with Crippen LogP contribution in [0.3, 0.4) is 0 Å². The number of aromatic nitrogens is 3. The highest BCUT2D eigenvalue weighted by molar-refractivity contribution is 5.73. The number of fused-ring (bicyclic) bond motifs is 1. The third kappa shape index (κ3) is 2.27. The van der Waals surface area contributed by atoms with E-state index in [2.05, 4.69) is 24.0 Å². The van der Waals surface area contributed by atoms with Crippen molar-refractivity contribution in [1.82, 2.24) is 15.0 Å². The molecular weight excluding hydrogens is 262 g/mol. The third-order valence-corrected chi connectivity index (χ3v) is 3.95. The van der Waals surface area contributed by atoms with Crippen LogP contribution in [0.5, 0.6) is 5.75 Å². The molecule has 108 valence electrons. The van der Waals surface area contributed by atoms with Gasteiger partial charge in [0, 0.05) is 5.56 Å². The summed E-state index contributed by atoms with van der Waals surface area (Å²) in [6, 6.07) is 15.2. The van der Waals surface area contributed by atoms with Crippen molar-refractivity contribution in [3.8, 4) is 5.75 Å². The Kier molecular flexibility index (Phi) is 3.37. The molecule has 4 heteroatoms. The van der Waals surface area contributed by atoms with Crippen molar-refractivity contribution in [3.63, 3.8) is 0 Å². The van der Waals surface area contributed by atoms with Gasteiger partial charge in [-0.25, -0.2) is 0 Å². The minimum Gasteiger partial charge on any atom is -0.508 e. The van der Waals surface area contributed by atoms with Crippen molar-refractivity contribution in [3.05, 3.63) is 54.1 Å². The Morgan fingerprint density at radius 2 is 1.57 bits per heavy atom. The number of rotatable bonds is 4. The normalized spacial score (nSPS) is 14.2. The predicted octanol–water partition coefficient (Wildman–Crippen LogP) is 3.70. The van der Waals surface area contributed by atoms with E-state index in [9.17, 15) is 5.11 Å². The van der Waals surface area contributed by atoms with Gasteiger partial charge in [0.25, 0.3) is 0 Å². The zero-order valence-electron chi connectivity index (χ0n) is 12.3. The van der Waals surface area contributed by atoms with Crippen LogP contribution >= 0.6 is 0 Å². The largest absolute Gasteiger partial charge is 0.508 e. The van der Waals surface area contributed by atoms with Gasteiger partial charge in [0.2, 0.25) is 0 Å². The SMILES string of the molecule is CCCC(C)(c1ccccc1O)n1nc2ccccc2n1. The standard InChI is InChI=1S/C17H19N3O/c1-3-12-17(2,13-8-4-7-11-16(13)21)20-18-14-9-5-6-10-15(14)19-20/h4-11,21H,3,12H2,1-2H3. The highest BCUT2D eigenvalue weighted by atomic mass is 16.3. The lowest BCUT2D eigenvalue weighted by Gasteiger charge is -2.29. The van der Waals surface area contributed by atoms with Gasteiger partial charge in [-0.1, -0.05) is 43.7 Å². The number of benzene rings is 2. The van der Waals surface area contributed by atoms with E-state index in [1.54, 1.807) is 10.9 Å². The number of phenols is 1. The number of nitrogens with zero attached hydrogens (tertiary/aromatic N) is 3. The van der Waals surface area contributed by atoms with Crippen LogP contribution in [0.25, 0.3) is 11.0 Å². The number of hydrogen-bond acceptors (Lipinski definition) is 3. The molecule has 1 unspecified atom stereocenters. The summed E-state index contributed by atoms with van der Waals surface area (Å²) in [5, 5.41) is 19.5.